The van der Waals surface area contributed by atoms with Crippen molar-refractivity contribution in [1.82, 2.24) is 25.7 Å². The Kier molecular flexibility index (Phi) is 5.83. The zero-order valence-electron chi connectivity index (χ0n) is 20.2. The van der Waals surface area contributed by atoms with Crippen LogP contribution in [0, 0.1) is 0 Å². The van der Waals surface area contributed by atoms with E-state index in [2.05, 4.69) is 20.8 Å². The molecule has 186 valence electrons. The van der Waals surface area contributed by atoms with E-state index in [4.69, 9.17) is 14.1 Å². The van der Waals surface area contributed by atoms with Crippen molar-refractivity contribution in [1.29, 1.82) is 0 Å². The number of aromatic nitrogens is 2. The average molecular weight is 491 g/mol. The first-order valence-electron chi connectivity index (χ1n) is 11.6. The van der Waals surface area contributed by atoms with Gasteiger partial charge in [0.15, 0.2) is 5.54 Å². The maximum absolute atomic E-state index is 13.2. The Bertz CT molecular complexity index is 1380. The Morgan fingerprint density at radius 1 is 1.28 bits per heavy atom. The quantitative estimate of drug-likeness (QED) is 0.327. The molecular weight excluding hydrogens is 464 g/mol. The number of hydrogen-bond donors (Lipinski definition) is 3. The van der Waals surface area contributed by atoms with Gasteiger partial charge in [-0.2, -0.15) is 5.10 Å². The van der Waals surface area contributed by atoms with Crippen LogP contribution in [0.5, 0.6) is 5.75 Å². The predicted octanol–water partition coefficient (Wildman–Crippen LogP) is 2.60. The second-order valence-electron chi connectivity index (χ2n) is 8.90. The second kappa shape index (κ2) is 8.99. The summed E-state index contributed by atoms with van der Waals surface area (Å²) in [5.41, 5.74) is 2.11. The first-order chi connectivity index (χ1) is 17.3. The van der Waals surface area contributed by atoms with Crippen LogP contribution in [-0.4, -0.2) is 52.3 Å². The summed E-state index contributed by atoms with van der Waals surface area (Å²) in [7, 11) is 1.53. The minimum Gasteiger partial charge on any atom is -0.497 e. The number of ether oxygens (including phenoxy) is 1. The number of nitrogens with one attached hydrogen (secondary N) is 3. The molecule has 0 radical (unpaired) electrons. The highest BCUT2D eigenvalue weighted by Crippen LogP contribution is 2.36. The third-order valence-corrected chi connectivity index (χ3v) is 6.42. The van der Waals surface area contributed by atoms with Crippen LogP contribution in [0.2, 0.25) is 0 Å². The first-order valence-corrected chi connectivity index (χ1v) is 11.6. The molecule has 2 aliphatic heterocycles. The molecule has 5 rings (SSSR count). The molecule has 11 heteroatoms. The molecule has 3 N–H and O–H groups in total. The number of furan rings is 1. The van der Waals surface area contributed by atoms with E-state index in [0.717, 1.165) is 16.8 Å². The van der Waals surface area contributed by atoms with Gasteiger partial charge in [-0.15, -0.1) is 0 Å². The molecule has 11 nitrogen and oxygen atoms in total. The monoisotopic (exact) mass is 490 g/mol. The summed E-state index contributed by atoms with van der Waals surface area (Å²) in [6.45, 7) is 4.00. The molecule has 0 bridgehead atoms. The Morgan fingerprint density at radius 2 is 2.11 bits per heavy atom. The molecule has 4 heterocycles. The number of carbonyl (C=O) groups is 3. The summed E-state index contributed by atoms with van der Waals surface area (Å²) >= 11 is 0. The molecule has 2 aromatic heterocycles. The van der Waals surface area contributed by atoms with E-state index >= 15 is 0 Å². The number of aryl methyl sites for hydroxylation is 1. The molecule has 36 heavy (non-hydrogen) atoms. The fourth-order valence-electron chi connectivity index (χ4n) is 4.63. The van der Waals surface area contributed by atoms with Crippen molar-refractivity contribution in [3.05, 3.63) is 64.9 Å². The highest BCUT2D eigenvalue weighted by atomic mass is 16.5. The minimum absolute atomic E-state index is 0.103. The topological polar surface area (TPSA) is 142 Å². The normalized spacial score (nSPS) is 19.5. The van der Waals surface area contributed by atoms with E-state index in [1.807, 2.05) is 19.9 Å². The highest BCUT2D eigenvalue weighted by Gasteiger charge is 2.53. The summed E-state index contributed by atoms with van der Waals surface area (Å²) < 4.78 is 11.4. The molecule has 1 atom stereocenters. The van der Waals surface area contributed by atoms with Crippen molar-refractivity contribution in [3.8, 4) is 5.75 Å². The molecule has 0 aliphatic carbocycles. The van der Waals surface area contributed by atoms with E-state index in [-0.39, 0.29) is 18.2 Å². The number of benzene rings is 1. The average Bonchev–Trinajstić information content (AvgIpc) is 3.62. The van der Waals surface area contributed by atoms with Gasteiger partial charge in [-0.05, 0) is 30.2 Å². The van der Waals surface area contributed by atoms with Crippen LogP contribution in [0.25, 0.3) is 0 Å². The van der Waals surface area contributed by atoms with Crippen LogP contribution in [0.15, 0.2) is 46.1 Å². The summed E-state index contributed by atoms with van der Waals surface area (Å²) in [5.74, 6) is 0.520. The van der Waals surface area contributed by atoms with Crippen LogP contribution in [0.1, 0.15) is 46.9 Å². The first kappa shape index (κ1) is 23.3. The number of aromatic amines is 1. The lowest BCUT2D eigenvalue weighted by molar-refractivity contribution is -0.125. The number of fused-ring (bicyclic) bond motifs is 1. The van der Waals surface area contributed by atoms with Gasteiger partial charge in [-0.25, -0.2) is 4.79 Å². The van der Waals surface area contributed by atoms with Gasteiger partial charge in [-0.1, -0.05) is 13.0 Å². The van der Waals surface area contributed by atoms with Gasteiger partial charge in [0, 0.05) is 42.9 Å². The molecule has 0 saturated carbocycles. The van der Waals surface area contributed by atoms with E-state index < -0.39 is 17.5 Å². The number of H-pyrrole nitrogens is 1. The van der Waals surface area contributed by atoms with Crippen molar-refractivity contribution in [3.63, 3.8) is 0 Å². The van der Waals surface area contributed by atoms with Gasteiger partial charge in [0.05, 0.1) is 19.9 Å². The Hall–Kier alpha value is -4.41. The molecule has 2 aliphatic rings. The van der Waals surface area contributed by atoms with Crippen LogP contribution >= 0.6 is 0 Å². The maximum atomic E-state index is 13.2. The number of imide groups is 1. The number of rotatable bonds is 8. The number of methoxy groups -OCH3 is 1. The molecule has 0 spiro atoms. The summed E-state index contributed by atoms with van der Waals surface area (Å²) in [6.07, 6.45) is 4.65. The Balaban J connectivity index is 1.48. The smallest absolute Gasteiger partial charge is 0.322 e. The number of urea groups is 1. The number of nitrogens with zero attached hydrogens (tertiary/aromatic N) is 3. The van der Waals surface area contributed by atoms with Gasteiger partial charge in [0.25, 0.3) is 11.8 Å². The Labute approximate surface area is 206 Å². The maximum Gasteiger partial charge on any atom is 0.322 e. The van der Waals surface area contributed by atoms with E-state index in [9.17, 15) is 14.4 Å². The summed E-state index contributed by atoms with van der Waals surface area (Å²) in [4.78, 5) is 44.9. The fourth-order valence-corrected chi connectivity index (χ4v) is 4.63. The van der Waals surface area contributed by atoms with Gasteiger partial charge in [-0.3, -0.25) is 25.0 Å². The van der Waals surface area contributed by atoms with Gasteiger partial charge in [0.2, 0.25) is 0 Å². The standard InChI is InChI=1S/C25H26N6O5/c1-4-20-19(28-14(2)7-15-10-26-27-11-15)9-21(36-20)25(23(33)29-24(34)30-25)13-31-12-16-5-6-17(35-3)8-18(16)22(31)32/h5-6,8-11H,4,7,12-13H2,1-3H3,(H,26,27)(H2,29,30,33,34)/t25-/m0/s1. The highest BCUT2D eigenvalue weighted by molar-refractivity contribution is 6.08. The van der Waals surface area contributed by atoms with Crippen LogP contribution in [-0.2, 0) is 29.7 Å². The van der Waals surface area contributed by atoms with Crippen LogP contribution in [0.3, 0.4) is 0 Å². The molecule has 3 aromatic rings. The molecule has 4 amide bonds. The van der Waals surface area contributed by atoms with E-state index in [0.29, 0.717) is 42.1 Å². The van der Waals surface area contributed by atoms with E-state index in [1.165, 1.54) is 12.0 Å². The van der Waals surface area contributed by atoms with Gasteiger partial charge < -0.3 is 19.4 Å². The minimum atomic E-state index is -1.59. The third kappa shape index (κ3) is 4.02. The second-order valence-corrected chi connectivity index (χ2v) is 8.90. The fraction of sp³-hybridized carbons (Fsp3) is 0.320. The van der Waals surface area contributed by atoms with Crippen molar-refractivity contribution in [2.75, 3.05) is 13.7 Å². The summed E-state index contributed by atoms with van der Waals surface area (Å²) in [6, 6.07) is 6.30. The zero-order chi connectivity index (χ0) is 25.4. The molecule has 1 aromatic carbocycles. The molecule has 1 fully saturated rings. The lowest BCUT2D eigenvalue weighted by atomic mass is 9.95. The van der Waals surface area contributed by atoms with Crippen molar-refractivity contribution >= 4 is 29.2 Å². The predicted molar refractivity (Wildman–Crippen MR) is 129 cm³/mol. The number of amides is 4. The van der Waals surface area contributed by atoms with Crippen LogP contribution in [0.4, 0.5) is 10.5 Å². The molecule has 1 saturated heterocycles. The zero-order valence-corrected chi connectivity index (χ0v) is 20.2. The number of aliphatic imine (C=N–C) groups is 1. The van der Waals surface area contributed by atoms with E-state index in [1.54, 1.807) is 30.6 Å². The Morgan fingerprint density at radius 3 is 2.78 bits per heavy atom. The lowest BCUT2D eigenvalue weighted by Crippen LogP contribution is -2.52. The molecular formula is C25H26N6O5. The third-order valence-electron chi connectivity index (χ3n) is 6.42. The summed E-state index contributed by atoms with van der Waals surface area (Å²) in [5, 5.41) is 11.7. The number of carbonyl (C=O) groups excluding carboxylic acids is 3. The van der Waals surface area contributed by atoms with Gasteiger partial charge in [0.1, 0.15) is 23.0 Å². The van der Waals surface area contributed by atoms with Crippen molar-refractivity contribution in [2.24, 2.45) is 4.99 Å². The van der Waals surface area contributed by atoms with Crippen molar-refractivity contribution < 1.29 is 23.5 Å². The lowest BCUT2D eigenvalue weighted by Gasteiger charge is -2.29. The van der Waals surface area contributed by atoms with Crippen molar-refractivity contribution in [2.45, 2.75) is 38.8 Å². The largest absolute Gasteiger partial charge is 0.497 e. The number of hydrogen-bond acceptors (Lipinski definition) is 7. The SMILES string of the molecule is CCc1oc([C@]2(CN3Cc4ccc(OC)cc4C3=O)NC(=O)NC2=O)cc1N=C(C)Cc1cn[nH]c1. The molecule has 0 unspecified atom stereocenters. The van der Waals surface area contributed by atoms with Gasteiger partial charge >= 0.3 is 6.03 Å². The van der Waals surface area contributed by atoms with Crippen LogP contribution < -0.4 is 15.4 Å².